The summed E-state index contributed by atoms with van der Waals surface area (Å²) in [6.45, 7) is 1.82. The Morgan fingerprint density at radius 1 is 1.56 bits per heavy atom. The molecule has 0 bridgehead atoms. The summed E-state index contributed by atoms with van der Waals surface area (Å²) in [5.41, 5.74) is 0. The van der Waals surface area contributed by atoms with Crippen molar-refractivity contribution in [1.82, 2.24) is 9.62 Å². The first-order valence-electron chi connectivity index (χ1n) is 5.85. The number of thiophene rings is 1. The van der Waals surface area contributed by atoms with Gasteiger partial charge in [-0.3, -0.25) is 0 Å². The number of hydrogen-bond donors (Lipinski definition) is 1. The van der Waals surface area contributed by atoms with E-state index < -0.39 is 10.0 Å². The second-order valence-electron chi connectivity index (χ2n) is 4.29. The molecule has 1 atom stereocenters. The topological polar surface area (TPSA) is 58.6 Å². The van der Waals surface area contributed by atoms with Gasteiger partial charge in [0.1, 0.15) is 4.21 Å². The van der Waals surface area contributed by atoms with Gasteiger partial charge in [0.2, 0.25) is 0 Å². The van der Waals surface area contributed by atoms with Gasteiger partial charge in [0, 0.05) is 25.1 Å². The zero-order chi connectivity index (χ0) is 13.2. The molecule has 2 heterocycles. The third kappa shape index (κ3) is 2.75. The van der Waals surface area contributed by atoms with Crippen LogP contribution in [-0.2, 0) is 21.3 Å². The molecule has 0 aliphatic carbocycles. The van der Waals surface area contributed by atoms with E-state index in [1.54, 1.807) is 13.1 Å². The fourth-order valence-electron chi connectivity index (χ4n) is 1.91. The van der Waals surface area contributed by atoms with Crippen LogP contribution in [0.4, 0.5) is 0 Å². The molecular weight excluding hydrogens is 272 g/mol. The lowest BCUT2D eigenvalue weighted by Gasteiger charge is -2.21. The monoisotopic (exact) mass is 290 g/mol. The summed E-state index contributed by atoms with van der Waals surface area (Å²) in [4.78, 5) is 1.02. The summed E-state index contributed by atoms with van der Waals surface area (Å²) >= 11 is 1.32. The highest BCUT2D eigenvalue weighted by Crippen LogP contribution is 2.26. The summed E-state index contributed by atoms with van der Waals surface area (Å²) in [6.07, 6.45) is 0.768. The Morgan fingerprint density at radius 3 is 2.94 bits per heavy atom. The van der Waals surface area contributed by atoms with Gasteiger partial charge in [0.15, 0.2) is 0 Å². The van der Waals surface area contributed by atoms with Gasteiger partial charge in [-0.2, -0.15) is 4.31 Å². The normalized spacial score (nSPS) is 20.7. The SMILES string of the molecule is CNCc1ccc(S(=O)(=O)N(C)C2CCOC2)s1. The van der Waals surface area contributed by atoms with E-state index in [1.807, 2.05) is 13.1 Å². The maximum atomic E-state index is 12.4. The molecule has 18 heavy (non-hydrogen) atoms. The zero-order valence-electron chi connectivity index (χ0n) is 10.5. The van der Waals surface area contributed by atoms with Crippen LogP contribution >= 0.6 is 11.3 Å². The molecule has 1 aromatic heterocycles. The quantitative estimate of drug-likeness (QED) is 0.874. The van der Waals surface area contributed by atoms with Crippen LogP contribution in [0.2, 0.25) is 0 Å². The number of nitrogens with one attached hydrogen (secondary N) is 1. The predicted molar refractivity (Wildman–Crippen MR) is 71.3 cm³/mol. The van der Waals surface area contributed by atoms with E-state index in [-0.39, 0.29) is 6.04 Å². The summed E-state index contributed by atoms with van der Waals surface area (Å²) in [6, 6.07) is 3.50. The Labute approximate surface area is 112 Å². The Hall–Kier alpha value is -0.470. The lowest BCUT2D eigenvalue weighted by Crippen LogP contribution is -2.36. The fourth-order valence-corrected chi connectivity index (χ4v) is 4.84. The van der Waals surface area contributed by atoms with Crippen LogP contribution in [0.25, 0.3) is 0 Å². The van der Waals surface area contributed by atoms with Crippen molar-refractivity contribution in [2.75, 3.05) is 27.3 Å². The van der Waals surface area contributed by atoms with Crippen LogP contribution in [0.5, 0.6) is 0 Å². The first-order chi connectivity index (χ1) is 8.55. The predicted octanol–water partition coefficient (Wildman–Crippen LogP) is 0.877. The van der Waals surface area contributed by atoms with Gasteiger partial charge in [-0.1, -0.05) is 0 Å². The Morgan fingerprint density at radius 2 is 2.33 bits per heavy atom. The molecule has 2 rings (SSSR count). The number of sulfonamides is 1. The first-order valence-corrected chi connectivity index (χ1v) is 8.10. The van der Waals surface area contributed by atoms with E-state index in [4.69, 9.17) is 4.74 Å². The highest BCUT2D eigenvalue weighted by Gasteiger charge is 2.31. The minimum atomic E-state index is -3.38. The van der Waals surface area contributed by atoms with Gasteiger partial charge < -0.3 is 10.1 Å². The van der Waals surface area contributed by atoms with Crippen molar-refractivity contribution in [1.29, 1.82) is 0 Å². The number of rotatable bonds is 5. The van der Waals surface area contributed by atoms with Gasteiger partial charge in [-0.25, -0.2) is 8.42 Å². The molecule has 0 aromatic carbocycles. The van der Waals surface area contributed by atoms with Crippen molar-refractivity contribution in [3.8, 4) is 0 Å². The van der Waals surface area contributed by atoms with Gasteiger partial charge in [-0.15, -0.1) is 11.3 Å². The van der Waals surface area contributed by atoms with E-state index in [2.05, 4.69) is 5.32 Å². The lowest BCUT2D eigenvalue weighted by atomic mass is 10.3. The van der Waals surface area contributed by atoms with Crippen molar-refractivity contribution in [3.05, 3.63) is 17.0 Å². The van der Waals surface area contributed by atoms with Crippen molar-refractivity contribution in [3.63, 3.8) is 0 Å². The molecule has 1 saturated heterocycles. The van der Waals surface area contributed by atoms with Gasteiger partial charge in [-0.05, 0) is 25.6 Å². The van der Waals surface area contributed by atoms with Crippen molar-refractivity contribution < 1.29 is 13.2 Å². The molecule has 0 amide bonds. The van der Waals surface area contributed by atoms with Gasteiger partial charge >= 0.3 is 0 Å². The summed E-state index contributed by atoms with van der Waals surface area (Å²) < 4.78 is 31.9. The number of ether oxygens (including phenoxy) is 1. The third-order valence-electron chi connectivity index (χ3n) is 3.04. The van der Waals surface area contributed by atoms with Gasteiger partial charge in [0.05, 0.1) is 12.6 Å². The molecule has 1 fully saturated rings. The molecule has 0 spiro atoms. The summed E-state index contributed by atoms with van der Waals surface area (Å²) in [5, 5.41) is 3.02. The van der Waals surface area contributed by atoms with E-state index in [0.29, 0.717) is 24.0 Å². The third-order valence-corrected chi connectivity index (χ3v) is 6.50. The highest BCUT2D eigenvalue weighted by atomic mass is 32.2. The number of nitrogens with zero attached hydrogens (tertiary/aromatic N) is 1. The van der Waals surface area contributed by atoms with Crippen molar-refractivity contribution in [2.24, 2.45) is 0 Å². The molecule has 5 nitrogen and oxygen atoms in total. The van der Waals surface area contributed by atoms with E-state index in [9.17, 15) is 8.42 Å². The van der Waals surface area contributed by atoms with Crippen LogP contribution in [0, 0.1) is 0 Å². The average molecular weight is 290 g/mol. The van der Waals surface area contributed by atoms with Crippen LogP contribution in [0.15, 0.2) is 16.3 Å². The molecule has 1 aliphatic rings. The zero-order valence-corrected chi connectivity index (χ0v) is 12.2. The van der Waals surface area contributed by atoms with Crippen molar-refractivity contribution in [2.45, 2.75) is 23.2 Å². The maximum absolute atomic E-state index is 12.4. The van der Waals surface area contributed by atoms with Crippen LogP contribution in [-0.4, -0.2) is 46.1 Å². The Kier molecular flexibility index (Phi) is 4.39. The van der Waals surface area contributed by atoms with Crippen molar-refractivity contribution >= 4 is 21.4 Å². The minimum Gasteiger partial charge on any atom is -0.380 e. The summed E-state index contributed by atoms with van der Waals surface area (Å²) in [5.74, 6) is 0. The molecule has 1 aromatic rings. The molecule has 0 radical (unpaired) electrons. The molecule has 102 valence electrons. The maximum Gasteiger partial charge on any atom is 0.252 e. The van der Waals surface area contributed by atoms with E-state index in [1.165, 1.54) is 15.6 Å². The van der Waals surface area contributed by atoms with E-state index >= 15 is 0 Å². The molecule has 1 unspecified atom stereocenters. The Balaban J connectivity index is 2.18. The first kappa shape index (κ1) is 14.0. The molecule has 0 saturated carbocycles. The van der Waals surface area contributed by atoms with Crippen LogP contribution < -0.4 is 5.32 Å². The fraction of sp³-hybridized carbons (Fsp3) is 0.636. The van der Waals surface area contributed by atoms with Gasteiger partial charge in [0.25, 0.3) is 10.0 Å². The average Bonchev–Trinajstić information content (AvgIpc) is 2.99. The molecular formula is C11H18N2O3S2. The largest absolute Gasteiger partial charge is 0.380 e. The number of likely N-dealkylation sites (N-methyl/N-ethyl adjacent to an activating group) is 1. The lowest BCUT2D eigenvalue weighted by molar-refractivity contribution is 0.181. The second-order valence-corrected chi connectivity index (χ2v) is 7.68. The van der Waals surface area contributed by atoms with Crippen LogP contribution in [0.3, 0.4) is 0 Å². The second kappa shape index (κ2) is 5.66. The number of hydrogen-bond acceptors (Lipinski definition) is 5. The molecule has 7 heteroatoms. The highest BCUT2D eigenvalue weighted by molar-refractivity contribution is 7.91. The summed E-state index contributed by atoms with van der Waals surface area (Å²) in [7, 11) is 0.0984. The minimum absolute atomic E-state index is 0.0372. The standard InChI is InChI=1S/C11H18N2O3S2/c1-12-7-10-3-4-11(17-10)18(14,15)13(2)9-5-6-16-8-9/h3-4,9,12H,5-8H2,1-2H3. The molecule has 1 aliphatic heterocycles. The Bertz CT molecular complexity index is 492. The molecule has 1 N–H and O–H groups in total. The smallest absolute Gasteiger partial charge is 0.252 e. The van der Waals surface area contributed by atoms with E-state index in [0.717, 1.165) is 11.3 Å². The van der Waals surface area contributed by atoms with Crippen LogP contribution in [0.1, 0.15) is 11.3 Å².